The molecule has 0 fully saturated rings. The normalized spacial score (nSPS) is 9.14. The fraction of sp³-hybridized carbons (Fsp3) is 0. The van der Waals surface area contributed by atoms with Gasteiger partial charge >= 0.3 is 0 Å². The number of H-pyrrole nitrogens is 1. The number of rotatable bonds is 1. The summed E-state index contributed by atoms with van der Waals surface area (Å²) < 4.78 is 0. The topological polar surface area (TPSA) is 52.5 Å². The number of halogens is 1. The van der Waals surface area contributed by atoms with E-state index in [1.165, 1.54) is 0 Å². The molecule has 0 spiro atoms. The fourth-order valence-electron chi connectivity index (χ4n) is 1.18. The first kappa shape index (κ1) is 10.5. The van der Waals surface area contributed by atoms with E-state index in [-0.39, 0.29) is 12.4 Å². The van der Waals surface area contributed by atoms with E-state index in [9.17, 15) is 0 Å². The molecule has 0 aliphatic carbocycles. The molecule has 1 aromatic heterocycles. The molecule has 2 N–H and O–H groups in total. The quantitative estimate of drug-likeness (QED) is 0.738. The Labute approximate surface area is 87.7 Å². The van der Waals surface area contributed by atoms with E-state index in [1.54, 1.807) is 12.3 Å². The van der Waals surface area contributed by atoms with Crippen LogP contribution in [0, 0.1) is 5.41 Å². The number of aromatic nitrogens is 2. The molecule has 14 heavy (non-hydrogen) atoms. The van der Waals surface area contributed by atoms with Gasteiger partial charge in [0.15, 0.2) is 0 Å². The average molecular weight is 208 g/mol. The van der Waals surface area contributed by atoms with Gasteiger partial charge in [-0.1, -0.05) is 30.3 Å². The van der Waals surface area contributed by atoms with Crippen LogP contribution in [0.5, 0.6) is 0 Å². The van der Waals surface area contributed by atoms with Crippen molar-refractivity contribution < 1.29 is 0 Å². The van der Waals surface area contributed by atoms with E-state index < -0.39 is 0 Å². The highest BCUT2D eigenvalue weighted by Crippen LogP contribution is 2.09. The molecule has 0 aliphatic heterocycles. The van der Waals surface area contributed by atoms with Crippen LogP contribution in [0.4, 0.5) is 0 Å². The summed E-state index contributed by atoms with van der Waals surface area (Å²) in [5, 5.41) is 14.8. The molecule has 1 aromatic carbocycles. The molecule has 0 bridgehead atoms. The predicted octanol–water partition coefficient (Wildman–Crippen LogP) is 1.98. The SMILES string of the molecule is Cl.N=c1cc[nH]nc1-c1ccccc1. The van der Waals surface area contributed by atoms with Crippen molar-refractivity contribution in [1.82, 2.24) is 10.2 Å². The number of hydrogen-bond donors (Lipinski definition) is 2. The van der Waals surface area contributed by atoms with Crippen molar-refractivity contribution in [3.05, 3.63) is 48.0 Å². The highest BCUT2D eigenvalue weighted by molar-refractivity contribution is 5.85. The van der Waals surface area contributed by atoms with E-state index >= 15 is 0 Å². The minimum atomic E-state index is 0. The van der Waals surface area contributed by atoms with E-state index in [0.29, 0.717) is 11.1 Å². The summed E-state index contributed by atoms with van der Waals surface area (Å²) in [6, 6.07) is 11.4. The second-order valence-corrected chi connectivity index (χ2v) is 2.70. The van der Waals surface area contributed by atoms with Gasteiger partial charge in [0, 0.05) is 11.8 Å². The van der Waals surface area contributed by atoms with Crippen molar-refractivity contribution in [2.75, 3.05) is 0 Å². The van der Waals surface area contributed by atoms with E-state index in [0.717, 1.165) is 5.56 Å². The highest BCUT2D eigenvalue weighted by atomic mass is 35.5. The molecule has 0 radical (unpaired) electrons. The highest BCUT2D eigenvalue weighted by Gasteiger charge is 1.98. The first-order valence-corrected chi connectivity index (χ1v) is 4.02. The standard InChI is InChI=1S/C10H9N3.ClH/c11-9-6-7-12-13-10(9)8-4-2-1-3-5-8;/h1-7H,(H2,11,12);1H. The Morgan fingerprint density at radius 1 is 1.07 bits per heavy atom. The minimum absolute atomic E-state index is 0. The van der Waals surface area contributed by atoms with Crippen LogP contribution in [0.2, 0.25) is 0 Å². The Morgan fingerprint density at radius 3 is 2.43 bits per heavy atom. The molecule has 1 heterocycles. The zero-order valence-electron chi connectivity index (χ0n) is 7.40. The van der Waals surface area contributed by atoms with Gasteiger partial charge in [-0.05, 0) is 6.07 Å². The maximum absolute atomic E-state index is 7.63. The van der Waals surface area contributed by atoms with Crippen molar-refractivity contribution in [3.63, 3.8) is 0 Å². The molecule has 2 rings (SSSR count). The van der Waals surface area contributed by atoms with Gasteiger partial charge in [0.1, 0.15) is 5.69 Å². The van der Waals surface area contributed by atoms with Crippen molar-refractivity contribution in [2.45, 2.75) is 0 Å². The van der Waals surface area contributed by atoms with E-state index in [1.807, 2.05) is 30.3 Å². The molecule has 3 nitrogen and oxygen atoms in total. The van der Waals surface area contributed by atoms with Gasteiger partial charge in [-0.2, -0.15) is 5.10 Å². The van der Waals surface area contributed by atoms with Gasteiger partial charge in [-0.3, -0.25) is 10.5 Å². The second kappa shape index (κ2) is 4.58. The minimum Gasteiger partial charge on any atom is -0.298 e. The van der Waals surface area contributed by atoms with Crippen LogP contribution in [-0.4, -0.2) is 10.2 Å². The second-order valence-electron chi connectivity index (χ2n) is 2.70. The molecule has 4 heteroatoms. The molecule has 0 amide bonds. The fourth-order valence-corrected chi connectivity index (χ4v) is 1.18. The van der Waals surface area contributed by atoms with Crippen LogP contribution >= 0.6 is 12.4 Å². The van der Waals surface area contributed by atoms with Gasteiger partial charge in [-0.25, -0.2) is 0 Å². The van der Waals surface area contributed by atoms with Gasteiger partial charge < -0.3 is 0 Å². The lowest BCUT2D eigenvalue weighted by Crippen LogP contribution is -2.06. The van der Waals surface area contributed by atoms with Crippen LogP contribution < -0.4 is 5.36 Å². The zero-order valence-corrected chi connectivity index (χ0v) is 8.21. The van der Waals surface area contributed by atoms with Gasteiger partial charge in [0.05, 0.1) is 5.36 Å². The summed E-state index contributed by atoms with van der Waals surface area (Å²) in [6.07, 6.45) is 1.65. The Bertz CT molecular complexity index is 450. The predicted molar refractivity (Wildman–Crippen MR) is 57.1 cm³/mol. The lowest BCUT2D eigenvalue weighted by molar-refractivity contribution is 1.00. The average Bonchev–Trinajstić information content (AvgIpc) is 2.20. The summed E-state index contributed by atoms with van der Waals surface area (Å²) in [7, 11) is 0. The number of benzene rings is 1. The van der Waals surface area contributed by atoms with Gasteiger partial charge in [-0.15, -0.1) is 12.4 Å². The maximum Gasteiger partial charge on any atom is 0.115 e. The van der Waals surface area contributed by atoms with Gasteiger partial charge in [0.25, 0.3) is 0 Å². The first-order valence-electron chi connectivity index (χ1n) is 4.02. The Kier molecular flexibility index (Phi) is 3.42. The Hall–Kier alpha value is -1.61. The van der Waals surface area contributed by atoms with Crippen molar-refractivity contribution in [1.29, 1.82) is 5.41 Å². The van der Waals surface area contributed by atoms with Crippen LogP contribution in [0.3, 0.4) is 0 Å². The number of hydrogen-bond acceptors (Lipinski definition) is 2. The molecular weight excluding hydrogens is 198 g/mol. The van der Waals surface area contributed by atoms with Gasteiger partial charge in [0.2, 0.25) is 0 Å². The smallest absolute Gasteiger partial charge is 0.115 e. The largest absolute Gasteiger partial charge is 0.298 e. The van der Waals surface area contributed by atoms with Crippen molar-refractivity contribution in [3.8, 4) is 11.3 Å². The zero-order chi connectivity index (χ0) is 9.10. The van der Waals surface area contributed by atoms with E-state index in [2.05, 4.69) is 10.2 Å². The molecule has 0 atom stereocenters. The molecule has 2 aromatic rings. The number of nitrogens with one attached hydrogen (secondary N) is 2. The summed E-state index contributed by atoms with van der Waals surface area (Å²) in [4.78, 5) is 0. The summed E-state index contributed by atoms with van der Waals surface area (Å²) in [6.45, 7) is 0. The van der Waals surface area contributed by atoms with Crippen LogP contribution in [-0.2, 0) is 0 Å². The number of aromatic amines is 1. The molecular formula is C10H10ClN3. The molecule has 72 valence electrons. The molecule has 0 saturated carbocycles. The third-order valence-electron chi connectivity index (χ3n) is 1.80. The molecule has 0 saturated heterocycles. The van der Waals surface area contributed by atoms with Crippen LogP contribution in [0.25, 0.3) is 11.3 Å². The number of nitrogens with zero attached hydrogens (tertiary/aromatic N) is 1. The first-order chi connectivity index (χ1) is 6.38. The Balaban J connectivity index is 0.000000980. The third-order valence-corrected chi connectivity index (χ3v) is 1.80. The summed E-state index contributed by atoms with van der Waals surface area (Å²) >= 11 is 0. The van der Waals surface area contributed by atoms with Crippen LogP contribution in [0.15, 0.2) is 42.6 Å². The lowest BCUT2D eigenvalue weighted by atomic mass is 10.1. The monoisotopic (exact) mass is 207 g/mol. The van der Waals surface area contributed by atoms with Crippen LogP contribution in [0.1, 0.15) is 0 Å². The lowest BCUT2D eigenvalue weighted by Gasteiger charge is -1.98. The summed E-state index contributed by atoms with van der Waals surface area (Å²) in [5.74, 6) is 0. The summed E-state index contributed by atoms with van der Waals surface area (Å²) in [5.41, 5.74) is 1.65. The van der Waals surface area contributed by atoms with E-state index in [4.69, 9.17) is 5.41 Å². The Morgan fingerprint density at radius 2 is 1.79 bits per heavy atom. The van der Waals surface area contributed by atoms with Crippen molar-refractivity contribution in [2.24, 2.45) is 0 Å². The molecule has 0 unspecified atom stereocenters. The van der Waals surface area contributed by atoms with Crippen molar-refractivity contribution >= 4 is 12.4 Å². The third kappa shape index (κ3) is 2.00. The maximum atomic E-state index is 7.63. The molecule has 0 aliphatic rings.